The van der Waals surface area contributed by atoms with Gasteiger partial charge in [0.2, 0.25) is 0 Å². The number of carbonyl (C=O) groups is 2. The standard InChI is InChI=1S/C29H40O7/c1-5-7-9-11-20(3)35-26-13-22(14-27(18-26)36-21(4)12-10-8-6-2)19-34-25-16-23(28(30)31)15-24(17-25)29(32)33/h13-18,20-21H,5-12,19H2,1-4H3,(H,30,31)(H,32,33)/t20-,21-/m1/s1. The number of carboxylic acid groups (broad SMARTS) is 2. The Balaban J connectivity index is 2.21. The van der Waals surface area contributed by atoms with Gasteiger partial charge < -0.3 is 24.4 Å². The van der Waals surface area contributed by atoms with Gasteiger partial charge in [-0.3, -0.25) is 0 Å². The van der Waals surface area contributed by atoms with Gasteiger partial charge >= 0.3 is 11.9 Å². The molecule has 0 aliphatic carbocycles. The van der Waals surface area contributed by atoms with Gasteiger partial charge in [-0.1, -0.05) is 39.5 Å². The first-order chi connectivity index (χ1) is 17.2. The summed E-state index contributed by atoms with van der Waals surface area (Å²) in [6.07, 6.45) is 8.85. The molecule has 0 aromatic heterocycles. The summed E-state index contributed by atoms with van der Waals surface area (Å²) in [6, 6.07) is 9.39. The van der Waals surface area contributed by atoms with Crippen LogP contribution in [0.4, 0.5) is 0 Å². The van der Waals surface area contributed by atoms with Crippen LogP contribution < -0.4 is 14.2 Å². The molecular weight excluding hydrogens is 460 g/mol. The second kappa shape index (κ2) is 15.0. The summed E-state index contributed by atoms with van der Waals surface area (Å²) in [7, 11) is 0. The van der Waals surface area contributed by atoms with E-state index in [2.05, 4.69) is 27.7 Å². The van der Waals surface area contributed by atoms with Crippen molar-refractivity contribution in [3.63, 3.8) is 0 Å². The topological polar surface area (TPSA) is 102 Å². The van der Waals surface area contributed by atoms with Crippen LogP contribution in [-0.4, -0.2) is 34.4 Å². The molecule has 7 nitrogen and oxygen atoms in total. The molecule has 0 radical (unpaired) electrons. The predicted octanol–water partition coefficient (Wildman–Crippen LogP) is 7.36. The molecule has 0 bridgehead atoms. The van der Waals surface area contributed by atoms with Crippen LogP contribution in [0, 0.1) is 0 Å². The van der Waals surface area contributed by atoms with Gasteiger partial charge in [-0.15, -0.1) is 0 Å². The lowest BCUT2D eigenvalue weighted by atomic mass is 10.1. The van der Waals surface area contributed by atoms with E-state index in [1.165, 1.54) is 25.0 Å². The van der Waals surface area contributed by atoms with Gasteiger partial charge in [0.1, 0.15) is 23.9 Å². The molecule has 0 saturated heterocycles. The van der Waals surface area contributed by atoms with E-state index < -0.39 is 11.9 Å². The van der Waals surface area contributed by atoms with E-state index in [9.17, 15) is 19.8 Å². The van der Waals surface area contributed by atoms with E-state index in [-0.39, 0.29) is 35.7 Å². The molecule has 0 aliphatic heterocycles. The van der Waals surface area contributed by atoms with Gasteiger partial charge in [-0.05, 0) is 75.4 Å². The van der Waals surface area contributed by atoms with Crippen molar-refractivity contribution in [2.45, 2.75) is 97.9 Å². The number of ether oxygens (including phenoxy) is 3. The molecule has 0 aliphatic rings. The van der Waals surface area contributed by atoms with Crippen molar-refractivity contribution in [3.05, 3.63) is 53.1 Å². The molecule has 2 aromatic rings. The Kier molecular flexibility index (Phi) is 12.1. The molecule has 0 saturated carbocycles. The van der Waals surface area contributed by atoms with Gasteiger partial charge in [0.05, 0.1) is 23.3 Å². The van der Waals surface area contributed by atoms with E-state index in [4.69, 9.17) is 14.2 Å². The van der Waals surface area contributed by atoms with Crippen LogP contribution in [0.25, 0.3) is 0 Å². The largest absolute Gasteiger partial charge is 0.491 e. The lowest BCUT2D eigenvalue weighted by Gasteiger charge is -2.19. The third kappa shape index (κ3) is 10.2. The van der Waals surface area contributed by atoms with Gasteiger partial charge in [0, 0.05) is 6.07 Å². The Bertz CT molecular complexity index is 917. The Morgan fingerprint density at radius 3 is 1.58 bits per heavy atom. The van der Waals surface area contributed by atoms with Crippen LogP contribution >= 0.6 is 0 Å². The number of aromatic carboxylic acids is 2. The van der Waals surface area contributed by atoms with Crippen molar-refractivity contribution >= 4 is 11.9 Å². The van der Waals surface area contributed by atoms with Crippen LogP contribution in [0.2, 0.25) is 0 Å². The molecular formula is C29H40O7. The fourth-order valence-corrected chi connectivity index (χ4v) is 3.89. The minimum absolute atomic E-state index is 0.0490. The molecule has 2 rings (SSSR count). The molecule has 0 fully saturated rings. The highest BCUT2D eigenvalue weighted by Gasteiger charge is 2.14. The summed E-state index contributed by atoms with van der Waals surface area (Å²) in [6.45, 7) is 8.55. The average Bonchev–Trinajstić information content (AvgIpc) is 2.82. The zero-order valence-electron chi connectivity index (χ0n) is 21.9. The number of hydrogen-bond donors (Lipinski definition) is 2. The zero-order valence-corrected chi connectivity index (χ0v) is 21.9. The van der Waals surface area contributed by atoms with Crippen LogP contribution in [0.5, 0.6) is 17.2 Å². The van der Waals surface area contributed by atoms with Gasteiger partial charge in [-0.2, -0.15) is 0 Å². The van der Waals surface area contributed by atoms with E-state index in [1.807, 2.05) is 18.2 Å². The van der Waals surface area contributed by atoms with Gasteiger partial charge in [-0.25, -0.2) is 9.59 Å². The molecule has 198 valence electrons. The predicted molar refractivity (Wildman–Crippen MR) is 140 cm³/mol. The fourth-order valence-electron chi connectivity index (χ4n) is 3.89. The third-order valence-electron chi connectivity index (χ3n) is 5.85. The molecule has 2 atom stereocenters. The number of rotatable bonds is 17. The van der Waals surface area contributed by atoms with Gasteiger partial charge in [0.25, 0.3) is 0 Å². The lowest BCUT2D eigenvalue weighted by molar-refractivity contribution is 0.0696. The first-order valence-corrected chi connectivity index (χ1v) is 12.9. The second-order valence-electron chi connectivity index (χ2n) is 9.31. The van der Waals surface area contributed by atoms with E-state index >= 15 is 0 Å². The summed E-state index contributed by atoms with van der Waals surface area (Å²) in [5, 5.41) is 18.6. The van der Waals surface area contributed by atoms with Crippen molar-refractivity contribution < 1.29 is 34.0 Å². The Morgan fingerprint density at radius 1 is 0.694 bits per heavy atom. The molecule has 0 heterocycles. The van der Waals surface area contributed by atoms with Crippen molar-refractivity contribution in [3.8, 4) is 17.2 Å². The maximum absolute atomic E-state index is 11.4. The number of benzene rings is 2. The maximum atomic E-state index is 11.4. The molecule has 2 N–H and O–H groups in total. The first kappa shape index (κ1) is 29.0. The molecule has 0 spiro atoms. The quantitative estimate of drug-likeness (QED) is 0.219. The highest BCUT2D eigenvalue weighted by Crippen LogP contribution is 2.28. The number of unbranched alkanes of at least 4 members (excludes halogenated alkanes) is 4. The maximum Gasteiger partial charge on any atom is 0.335 e. The van der Waals surface area contributed by atoms with E-state index in [1.54, 1.807) is 0 Å². The average molecular weight is 501 g/mol. The highest BCUT2D eigenvalue weighted by molar-refractivity contribution is 5.94. The fraction of sp³-hybridized carbons (Fsp3) is 0.517. The van der Waals surface area contributed by atoms with Crippen molar-refractivity contribution in [2.24, 2.45) is 0 Å². The van der Waals surface area contributed by atoms with Crippen LogP contribution in [0.1, 0.15) is 105 Å². The van der Waals surface area contributed by atoms with Crippen molar-refractivity contribution in [1.29, 1.82) is 0 Å². The third-order valence-corrected chi connectivity index (χ3v) is 5.85. The Morgan fingerprint density at radius 2 is 1.17 bits per heavy atom. The Labute approximate surface area is 214 Å². The van der Waals surface area contributed by atoms with Crippen LogP contribution in [0.15, 0.2) is 36.4 Å². The monoisotopic (exact) mass is 500 g/mol. The van der Waals surface area contributed by atoms with Crippen molar-refractivity contribution in [2.75, 3.05) is 0 Å². The van der Waals surface area contributed by atoms with Crippen molar-refractivity contribution in [1.82, 2.24) is 0 Å². The molecule has 0 unspecified atom stereocenters. The zero-order chi connectivity index (χ0) is 26.5. The molecule has 0 amide bonds. The summed E-state index contributed by atoms with van der Waals surface area (Å²) >= 11 is 0. The first-order valence-electron chi connectivity index (χ1n) is 12.9. The summed E-state index contributed by atoms with van der Waals surface area (Å²) < 4.78 is 18.2. The van der Waals surface area contributed by atoms with Crippen LogP contribution in [0.3, 0.4) is 0 Å². The normalized spacial score (nSPS) is 12.6. The summed E-state index contributed by atoms with van der Waals surface area (Å²) in [4.78, 5) is 22.8. The Hall–Kier alpha value is -3.22. The minimum atomic E-state index is -1.22. The second-order valence-corrected chi connectivity index (χ2v) is 9.31. The highest BCUT2D eigenvalue weighted by atomic mass is 16.5. The minimum Gasteiger partial charge on any atom is -0.491 e. The molecule has 7 heteroatoms. The van der Waals surface area contributed by atoms with E-state index in [0.717, 1.165) is 50.2 Å². The summed E-state index contributed by atoms with van der Waals surface area (Å²) in [5.74, 6) is -0.906. The lowest BCUT2D eigenvalue weighted by Crippen LogP contribution is -2.14. The smallest absolute Gasteiger partial charge is 0.335 e. The van der Waals surface area contributed by atoms with Crippen LogP contribution in [-0.2, 0) is 6.61 Å². The molecule has 36 heavy (non-hydrogen) atoms. The number of carboxylic acids is 2. The van der Waals surface area contributed by atoms with Gasteiger partial charge in [0.15, 0.2) is 0 Å². The van der Waals surface area contributed by atoms with E-state index in [0.29, 0.717) is 11.5 Å². The molecule has 2 aromatic carbocycles. The number of hydrogen-bond acceptors (Lipinski definition) is 5. The summed E-state index contributed by atoms with van der Waals surface area (Å²) in [5.41, 5.74) is 0.488. The SMILES string of the molecule is CCCCC[C@@H](C)Oc1cc(COc2cc(C(=O)O)cc(C(=O)O)c2)cc(O[C@H](C)CCCCC)c1.